The van der Waals surface area contributed by atoms with Crippen molar-refractivity contribution < 1.29 is 18.7 Å². The number of amides is 1. The van der Waals surface area contributed by atoms with Crippen LogP contribution in [-0.4, -0.2) is 23.6 Å². The van der Waals surface area contributed by atoms with Gasteiger partial charge in [-0.1, -0.05) is 43.4 Å². The average molecular weight is 436 g/mol. The summed E-state index contributed by atoms with van der Waals surface area (Å²) in [7, 11) is 1.30. The molecule has 0 aliphatic rings. The maximum Gasteiger partial charge on any atom is 0.325 e. The molecule has 4 rings (SSSR count). The Morgan fingerprint density at radius 1 is 1.19 bits per heavy atom. The van der Waals surface area contributed by atoms with Crippen molar-refractivity contribution in [2.24, 2.45) is 4.99 Å². The van der Waals surface area contributed by atoms with Gasteiger partial charge in [0.2, 0.25) is 5.43 Å². The van der Waals surface area contributed by atoms with Crippen LogP contribution in [0.25, 0.3) is 21.2 Å². The van der Waals surface area contributed by atoms with Crippen LogP contribution in [0.2, 0.25) is 0 Å². The van der Waals surface area contributed by atoms with Gasteiger partial charge in [0.25, 0.3) is 5.91 Å². The summed E-state index contributed by atoms with van der Waals surface area (Å²) in [6.07, 6.45) is 1.13. The highest BCUT2D eigenvalue weighted by Gasteiger charge is 2.17. The molecule has 0 fully saturated rings. The number of thiazole rings is 1. The van der Waals surface area contributed by atoms with Crippen molar-refractivity contribution >= 4 is 44.4 Å². The third kappa shape index (κ3) is 3.94. The van der Waals surface area contributed by atoms with Crippen LogP contribution in [0, 0.1) is 0 Å². The number of fused-ring (bicyclic) bond motifs is 2. The van der Waals surface area contributed by atoms with Gasteiger partial charge in [0, 0.05) is 0 Å². The molecule has 2 aromatic carbocycles. The van der Waals surface area contributed by atoms with Gasteiger partial charge in [0.05, 0.1) is 22.7 Å². The molecule has 4 aromatic rings. The number of ether oxygens (including phenoxy) is 1. The minimum atomic E-state index is -0.728. The molecule has 0 radical (unpaired) electrons. The number of para-hydroxylation sites is 1. The van der Waals surface area contributed by atoms with Gasteiger partial charge >= 0.3 is 5.97 Å². The Kier molecular flexibility index (Phi) is 5.56. The van der Waals surface area contributed by atoms with E-state index in [1.807, 2.05) is 18.2 Å². The predicted molar refractivity (Wildman–Crippen MR) is 118 cm³/mol. The van der Waals surface area contributed by atoms with Crippen LogP contribution >= 0.6 is 11.3 Å². The second kappa shape index (κ2) is 8.31. The van der Waals surface area contributed by atoms with Crippen LogP contribution in [0.5, 0.6) is 0 Å². The number of aromatic nitrogens is 1. The van der Waals surface area contributed by atoms with Gasteiger partial charge in [0.1, 0.15) is 24.0 Å². The third-order valence-corrected chi connectivity index (χ3v) is 6.04. The molecule has 0 N–H and O–H groups in total. The van der Waals surface area contributed by atoms with Crippen LogP contribution in [0.15, 0.2) is 62.9 Å². The van der Waals surface area contributed by atoms with Crippen molar-refractivity contribution in [3.05, 3.63) is 74.9 Å². The first-order valence-electron chi connectivity index (χ1n) is 9.68. The number of hydrogen-bond donors (Lipinski definition) is 0. The highest BCUT2D eigenvalue weighted by molar-refractivity contribution is 7.16. The van der Waals surface area contributed by atoms with Gasteiger partial charge in [-0.3, -0.25) is 14.4 Å². The first-order chi connectivity index (χ1) is 14.9. The van der Waals surface area contributed by atoms with E-state index < -0.39 is 17.3 Å². The lowest BCUT2D eigenvalue weighted by Crippen LogP contribution is -2.23. The standard InChI is InChI=1S/C23H20N2O5S/c1-13(2)14-8-9-17-19(10-14)31-23(25(17)11-20(26)29-3)24-22(28)16-12-30-18-7-5-4-6-15(18)21(16)27/h4-10,12-13H,11H2,1-3H3. The quantitative estimate of drug-likeness (QED) is 0.453. The Morgan fingerprint density at radius 2 is 1.97 bits per heavy atom. The van der Waals surface area contributed by atoms with Crippen LogP contribution in [0.1, 0.15) is 35.7 Å². The number of carbonyl (C=O) groups is 2. The molecule has 2 aromatic heterocycles. The molecule has 0 atom stereocenters. The SMILES string of the molecule is COC(=O)Cn1c(=NC(=O)c2coc3ccccc3c2=O)sc2cc(C(C)C)ccc21. The van der Waals surface area contributed by atoms with E-state index in [4.69, 9.17) is 9.15 Å². The van der Waals surface area contributed by atoms with Crippen LogP contribution < -0.4 is 10.2 Å². The summed E-state index contributed by atoms with van der Waals surface area (Å²) in [5.41, 5.74) is 1.68. The summed E-state index contributed by atoms with van der Waals surface area (Å²) in [6, 6.07) is 12.6. The maximum absolute atomic E-state index is 12.9. The van der Waals surface area contributed by atoms with Gasteiger partial charge in [-0.15, -0.1) is 0 Å². The minimum absolute atomic E-state index is 0.101. The van der Waals surface area contributed by atoms with Crippen molar-refractivity contribution in [2.45, 2.75) is 26.3 Å². The number of hydrogen-bond acceptors (Lipinski definition) is 6. The van der Waals surface area contributed by atoms with Crippen LogP contribution in [0.4, 0.5) is 0 Å². The smallest absolute Gasteiger partial charge is 0.325 e. The number of methoxy groups -OCH3 is 1. The van der Waals surface area contributed by atoms with Crippen molar-refractivity contribution in [3.63, 3.8) is 0 Å². The van der Waals surface area contributed by atoms with E-state index in [0.29, 0.717) is 21.7 Å². The molecule has 0 aliphatic heterocycles. The number of rotatable bonds is 4. The summed E-state index contributed by atoms with van der Waals surface area (Å²) in [6.45, 7) is 4.08. The number of carbonyl (C=O) groups excluding carboxylic acids is 2. The van der Waals surface area contributed by atoms with Gasteiger partial charge in [0.15, 0.2) is 4.80 Å². The zero-order chi connectivity index (χ0) is 22.1. The molecule has 0 aliphatic carbocycles. The van der Waals surface area contributed by atoms with E-state index >= 15 is 0 Å². The number of nitrogens with zero attached hydrogens (tertiary/aromatic N) is 2. The minimum Gasteiger partial charge on any atom is -0.468 e. The first kappa shape index (κ1) is 20.7. The lowest BCUT2D eigenvalue weighted by molar-refractivity contribution is -0.141. The molecule has 31 heavy (non-hydrogen) atoms. The van der Waals surface area contributed by atoms with Crippen LogP contribution in [0.3, 0.4) is 0 Å². The largest absolute Gasteiger partial charge is 0.468 e. The summed E-state index contributed by atoms with van der Waals surface area (Å²) < 4.78 is 12.7. The zero-order valence-electron chi connectivity index (χ0n) is 17.2. The first-order valence-corrected chi connectivity index (χ1v) is 10.5. The zero-order valence-corrected chi connectivity index (χ0v) is 18.1. The fourth-order valence-corrected chi connectivity index (χ4v) is 4.33. The van der Waals surface area contributed by atoms with E-state index in [2.05, 4.69) is 18.8 Å². The van der Waals surface area contributed by atoms with E-state index in [-0.39, 0.29) is 12.1 Å². The van der Waals surface area contributed by atoms with E-state index in [0.717, 1.165) is 22.0 Å². The second-order valence-corrected chi connectivity index (χ2v) is 8.33. The molecule has 1 amide bonds. The monoisotopic (exact) mass is 436 g/mol. The molecule has 0 unspecified atom stereocenters. The molecule has 0 spiro atoms. The lowest BCUT2D eigenvalue weighted by atomic mass is 10.0. The van der Waals surface area contributed by atoms with Gasteiger partial charge < -0.3 is 13.7 Å². The van der Waals surface area contributed by atoms with E-state index in [1.165, 1.54) is 18.4 Å². The molecular formula is C23H20N2O5S. The highest BCUT2D eigenvalue weighted by atomic mass is 32.1. The Balaban J connectivity index is 1.88. The molecular weight excluding hydrogens is 416 g/mol. The molecule has 0 saturated carbocycles. The lowest BCUT2D eigenvalue weighted by Gasteiger charge is -2.06. The molecule has 0 saturated heterocycles. The highest BCUT2D eigenvalue weighted by Crippen LogP contribution is 2.24. The predicted octanol–water partition coefficient (Wildman–Crippen LogP) is 3.85. The number of esters is 1. The van der Waals surface area contributed by atoms with Crippen molar-refractivity contribution in [2.75, 3.05) is 7.11 Å². The number of benzene rings is 2. The Hall–Kier alpha value is -3.52. The van der Waals surface area contributed by atoms with Gasteiger partial charge in [-0.05, 0) is 35.7 Å². The molecule has 0 bridgehead atoms. The summed E-state index contributed by atoms with van der Waals surface area (Å²) in [5, 5.41) is 0.309. The van der Waals surface area contributed by atoms with Gasteiger partial charge in [-0.2, -0.15) is 4.99 Å². The average Bonchev–Trinajstić information content (AvgIpc) is 3.09. The van der Waals surface area contributed by atoms with Crippen molar-refractivity contribution in [1.29, 1.82) is 0 Å². The van der Waals surface area contributed by atoms with Crippen molar-refractivity contribution in [3.8, 4) is 0 Å². The second-order valence-electron chi connectivity index (χ2n) is 7.32. The Bertz CT molecular complexity index is 1440. The summed E-state index contributed by atoms with van der Waals surface area (Å²) >= 11 is 1.28. The van der Waals surface area contributed by atoms with E-state index in [1.54, 1.807) is 28.8 Å². The molecule has 158 valence electrons. The Morgan fingerprint density at radius 3 is 2.71 bits per heavy atom. The molecule has 2 heterocycles. The molecule has 8 heteroatoms. The van der Waals surface area contributed by atoms with Crippen molar-refractivity contribution in [1.82, 2.24) is 4.57 Å². The Labute approximate surface area is 181 Å². The maximum atomic E-state index is 12.9. The summed E-state index contributed by atoms with van der Waals surface area (Å²) in [4.78, 5) is 42.1. The van der Waals surface area contributed by atoms with E-state index in [9.17, 15) is 14.4 Å². The normalized spacial score (nSPS) is 12.1. The fraction of sp³-hybridized carbons (Fsp3) is 0.217. The molecule has 7 nitrogen and oxygen atoms in total. The van der Waals surface area contributed by atoms with Gasteiger partial charge in [-0.25, -0.2) is 0 Å². The summed E-state index contributed by atoms with van der Waals surface area (Å²) in [5.74, 6) is -0.870. The topological polar surface area (TPSA) is 90.9 Å². The van der Waals surface area contributed by atoms with Crippen LogP contribution in [-0.2, 0) is 16.1 Å². The fourth-order valence-electron chi connectivity index (χ4n) is 3.25. The third-order valence-electron chi connectivity index (χ3n) is 5.00.